The Morgan fingerprint density at radius 3 is 3.09 bits per heavy atom. The molecule has 0 aromatic rings. The maximum atomic E-state index is 10.7. The smallest absolute Gasteiger partial charge is 0.321 e. The molecule has 5 heteroatoms. The lowest BCUT2D eigenvalue weighted by Gasteiger charge is -2.05. The number of carbonyl (C=O) groups is 1. The van der Waals surface area contributed by atoms with Crippen molar-refractivity contribution in [3.63, 3.8) is 0 Å². The molecule has 60 valence electrons. The molecule has 2 N–H and O–H groups in total. The lowest BCUT2D eigenvalue weighted by Crippen LogP contribution is -2.37. The second kappa shape index (κ2) is 3.70. The molecule has 0 aromatic heterocycles. The van der Waals surface area contributed by atoms with Crippen LogP contribution in [0.1, 0.15) is 6.42 Å². The highest BCUT2D eigenvalue weighted by molar-refractivity contribution is 6.00. The van der Waals surface area contributed by atoms with Gasteiger partial charge in [0.15, 0.2) is 0 Å². The Bertz CT molecular complexity index is 209. The first-order valence-electron chi connectivity index (χ1n) is 3.38. The van der Waals surface area contributed by atoms with Crippen molar-refractivity contribution in [2.75, 3.05) is 13.6 Å². The molecule has 0 atom stereocenters. The van der Waals surface area contributed by atoms with E-state index in [0.717, 1.165) is 6.42 Å². The maximum Gasteiger partial charge on any atom is 0.321 e. The molecule has 0 saturated heterocycles. The number of hydrogen-bond donors (Lipinski definition) is 2. The third kappa shape index (κ3) is 2.37. The van der Waals surface area contributed by atoms with E-state index >= 15 is 0 Å². The van der Waals surface area contributed by atoms with Crippen LogP contribution in [0.3, 0.4) is 0 Å². The van der Waals surface area contributed by atoms with Gasteiger partial charge in [-0.15, -0.1) is 0 Å². The van der Waals surface area contributed by atoms with Crippen molar-refractivity contribution in [1.29, 1.82) is 0 Å². The number of rotatable bonds is 0. The van der Waals surface area contributed by atoms with Gasteiger partial charge < -0.3 is 5.32 Å². The molecule has 1 aliphatic rings. The van der Waals surface area contributed by atoms with Crippen molar-refractivity contribution in [1.82, 2.24) is 10.6 Å². The predicted molar refractivity (Wildman–Crippen MR) is 43.0 cm³/mol. The van der Waals surface area contributed by atoms with E-state index in [2.05, 4.69) is 20.6 Å². The van der Waals surface area contributed by atoms with Gasteiger partial charge in [-0.25, -0.2) is 9.79 Å². The Kier molecular flexibility index (Phi) is 2.59. The van der Waals surface area contributed by atoms with E-state index in [1.165, 1.54) is 0 Å². The summed E-state index contributed by atoms with van der Waals surface area (Å²) in [5, 5.41) is 4.88. The SMILES string of the molecule is CNC(=O)NC1=NCCC=N1. The Labute approximate surface area is 64.6 Å². The van der Waals surface area contributed by atoms with Crippen molar-refractivity contribution in [2.45, 2.75) is 6.42 Å². The quantitative estimate of drug-likeness (QED) is 0.496. The molecule has 0 aliphatic carbocycles. The molecule has 0 bridgehead atoms. The lowest BCUT2D eigenvalue weighted by molar-refractivity contribution is 0.247. The van der Waals surface area contributed by atoms with Gasteiger partial charge in [0.1, 0.15) is 0 Å². The summed E-state index contributed by atoms with van der Waals surface area (Å²) in [7, 11) is 1.54. The Morgan fingerprint density at radius 2 is 2.55 bits per heavy atom. The first-order chi connectivity index (χ1) is 5.33. The van der Waals surface area contributed by atoms with E-state index in [1.54, 1.807) is 13.3 Å². The number of aliphatic imine (C=N–C) groups is 2. The van der Waals surface area contributed by atoms with Gasteiger partial charge in [0.2, 0.25) is 5.96 Å². The normalized spacial score (nSPS) is 15.5. The van der Waals surface area contributed by atoms with E-state index in [0.29, 0.717) is 12.5 Å². The van der Waals surface area contributed by atoms with E-state index in [-0.39, 0.29) is 6.03 Å². The zero-order valence-electron chi connectivity index (χ0n) is 6.29. The summed E-state index contributed by atoms with van der Waals surface area (Å²) in [6.07, 6.45) is 2.58. The van der Waals surface area contributed by atoms with Gasteiger partial charge >= 0.3 is 6.03 Å². The van der Waals surface area contributed by atoms with Gasteiger partial charge in [0.05, 0.1) is 0 Å². The van der Waals surface area contributed by atoms with Crippen molar-refractivity contribution >= 4 is 18.2 Å². The summed E-state index contributed by atoms with van der Waals surface area (Å²) in [5.74, 6) is 0.385. The number of carbonyl (C=O) groups excluding carboxylic acids is 1. The summed E-state index contributed by atoms with van der Waals surface area (Å²) >= 11 is 0. The molecule has 2 amide bonds. The highest BCUT2D eigenvalue weighted by atomic mass is 16.2. The van der Waals surface area contributed by atoms with Crippen LogP contribution in [-0.2, 0) is 0 Å². The molecule has 11 heavy (non-hydrogen) atoms. The Morgan fingerprint density at radius 1 is 1.73 bits per heavy atom. The number of nitrogens with zero attached hydrogens (tertiary/aromatic N) is 2. The van der Waals surface area contributed by atoms with Gasteiger partial charge in [-0.3, -0.25) is 10.3 Å². The molecule has 1 heterocycles. The summed E-state index contributed by atoms with van der Waals surface area (Å²) < 4.78 is 0. The molecule has 1 rings (SSSR count). The van der Waals surface area contributed by atoms with Crippen LogP contribution in [0.25, 0.3) is 0 Å². The minimum atomic E-state index is -0.289. The number of nitrogens with one attached hydrogen (secondary N) is 2. The molecular formula is C6H10N4O. The lowest BCUT2D eigenvalue weighted by atomic mass is 10.4. The molecule has 0 saturated carbocycles. The fraction of sp³-hybridized carbons (Fsp3) is 0.500. The van der Waals surface area contributed by atoms with Crippen LogP contribution in [0.2, 0.25) is 0 Å². The van der Waals surface area contributed by atoms with Crippen LogP contribution in [0.5, 0.6) is 0 Å². The van der Waals surface area contributed by atoms with Crippen LogP contribution in [0.4, 0.5) is 4.79 Å². The van der Waals surface area contributed by atoms with Crippen LogP contribution in [0, 0.1) is 0 Å². The largest absolute Gasteiger partial charge is 0.341 e. The molecule has 1 aliphatic heterocycles. The van der Waals surface area contributed by atoms with E-state index in [1.807, 2.05) is 0 Å². The fourth-order valence-corrected chi connectivity index (χ4v) is 0.656. The van der Waals surface area contributed by atoms with E-state index < -0.39 is 0 Å². The average Bonchev–Trinajstić information content (AvgIpc) is 2.06. The molecule has 0 unspecified atom stereocenters. The summed E-state index contributed by atoms with van der Waals surface area (Å²) in [5.41, 5.74) is 0. The van der Waals surface area contributed by atoms with Gasteiger partial charge in [0, 0.05) is 26.2 Å². The third-order valence-electron chi connectivity index (χ3n) is 1.19. The molecule has 5 nitrogen and oxygen atoms in total. The van der Waals surface area contributed by atoms with Crippen LogP contribution < -0.4 is 10.6 Å². The monoisotopic (exact) mass is 154 g/mol. The maximum absolute atomic E-state index is 10.7. The first-order valence-corrected chi connectivity index (χ1v) is 3.38. The zero-order chi connectivity index (χ0) is 8.10. The number of guanidine groups is 1. The average molecular weight is 154 g/mol. The van der Waals surface area contributed by atoms with Gasteiger partial charge in [-0.2, -0.15) is 0 Å². The molecular weight excluding hydrogens is 144 g/mol. The first kappa shape index (κ1) is 7.71. The second-order valence-corrected chi connectivity index (χ2v) is 2.01. The van der Waals surface area contributed by atoms with Crippen LogP contribution in [0.15, 0.2) is 9.98 Å². The van der Waals surface area contributed by atoms with Crippen LogP contribution in [-0.4, -0.2) is 31.8 Å². The second-order valence-electron chi connectivity index (χ2n) is 2.01. The molecule has 0 fully saturated rings. The van der Waals surface area contributed by atoms with Crippen molar-refractivity contribution < 1.29 is 4.79 Å². The molecule has 0 aromatic carbocycles. The van der Waals surface area contributed by atoms with Crippen molar-refractivity contribution in [2.24, 2.45) is 9.98 Å². The minimum absolute atomic E-state index is 0.289. The van der Waals surface area contributed by atoms with Gasteiger partial charge in [-0.05, 0) is 0 Å². The number of amides is 2. The van der Waals surface area contributed by atoms with Crippen molar-refractivity contribution in [3.05, 3.63) is 0 Å². The number of urea groups is 1. The van der Waals surface area contributed by atoms with Crippen LogP contribution >= 0.6 is 0 Å². The summed E-state index contributed by atoms with van der Waals surface area (Å²) in [4.78, 5) is 18.5. The number of hydrogen-bond acceptors (Lipinski definition) is 3. The standard InChI is InChI=1S/C6H10N4O/c1-7-6(11)10-5-8-3-2-4-9-5/h3H,2,4H2,1H3,(H2,7,9,10,11). The minimum Gasteiger partial charge on any atom is -0.341 e. The summed E-state index contributed by atoms with van der Waals surface area (Å²) in [6.45, 7) is 0.697. The highest BCUT2D eigenvalue weighted by Gasteiger charge is 2.02. The topological polar surface area (TPSA) is 65.8 Å². The third-order valence-corrected chi connectivity index (χ3v) is 1.19. The van der Waals surface area contributed by atoms with Crippen molar-refractivity contribution in [3.8, 4) is 0 Å². The zero-order valence-corrected chi connectivity index (χ0v) is 6.29. The molecule has 0 spiro atoms. The van der Waals surface area contributed by atoms with E-state index in [9.17, 15) is 4.79 Å². The summed E-state index contributed by atoms with van der Waals surface area (Å²) in [6, 6.07) is -0.289. The Balaban J connectivity index is 2.42. The fourth-order valence-electron chi connectivity index (χ4n) is 0.656. The van der Waals surface area contributed by atoms with Gasteiger partial charge in [0.25, 0.3) is 0 Å². The van der Waals surface area contributed by atoms with Gasteiger partial charge in [-0.1, -0.05) is 0 Å². The van der Waals surface area contributed by atoms with E-state index in [4.69, 9.17) is 0 Å². The predicted octanol–water partition coefficient (Wildman–Crippen LogP) is -0.254. The molecule has 0 radical (unpaired) electrons. The Hall–Kier alpha value is -1.39. The highest BCUT2D eigenvalue weighted by Crippen LogP contribution is 1.88.